The molecule has 0 spiro atoms. The number of carboxylic acid groups (broad SMARTS) is 1. The van der Waals surface area contributed by atoms with Crippen molar-refractivity contribution in [3.63, 3.8) is 0 Å². The van der Waals surface area contributed by atoms with Gasteiger partial charge in [0.15, 0.2) is 0 Å². The molecule has 2 heteroatoms. The van der Waals surface area contributed by atoms with E-state index in [1.165, 1.54) is 29.5 Å². The molecule has 1 saturated carbocycles. The summed E-state index contributed by atoms with van der Waals surface area (Å²) in [6.45, 7) is 9.42. The van der Waals surface area contributed by atoms with Gasteiger partial charge in [0.1, 0.15) is 0 Å². The van der Waals surface area contributed by atoms with Crippen LogP contribution in [0.3, 0.4) is 0 Å². The molecule has 0 bridgehead atoms. The lowest BCUT2D eigenvalue weighted by Gasteiger charge is -2.42. The number of aliphatic carboxylic acids is 1. The molecular weight excluding hydrogens is 344 g/mol. The van der Waals surface area contributed by atoms with E-state index < -0.39 is 5.97 Å². The van der Waals surface area contributed by atoms with Crippen LogP contribution in [-0.2, 0) is 21.0 Å². The van der Waals surface area contributed by atoms with E-state index in [0.29, 0.717) is 0 Å². The van der Waals surface area contributed by atoms with E-state index in [1.807, 2.05) is 18.2 Å². The number of hydrogen-bond donors (Lipinski definition) is 1. The zero-order valence-electron chi connectivity index (χ0n) is 17.2. The predicted octanol–water partition coefficient (Wildman–Crippen LogP) is 5.55. The van der Waals surface area contributed by atoms with Gasteiger partial charge in [-0.15, -0.1) is 0 Å². The maximum atomic E-state index is 10.9. The molecule has 0 aliphatic heterocycles. The summed E-state index contributed by atoms with van der Waals surface area (Å²) in [5, 5.41) is 8.97. The zero-order chi connectivity index (χ0) is 20.2. The summed E-state index contributed by atoms with van der Waals surface area (Å²) in [4.78, 5) is 10.9. The molecule has 0 radical (unpaired) electrons. The number of carboxylic acids is 1. The molecule has 2 aliphatic carbocycles. The summed E-state index contributed by atoms with van der Waals surface area (Å²) in [6.07, 6.45) is 4.58. The van der Waals surface area contributed by atoms with Gasteiger partial charge in [0.05, 0.1) is 0 Å². The Labute approximate surface area is 168 Å². The summed E-state index contributed by atoms with van der Waals surface area (Å²) in [7, 11) is 0. The average molecular weight is 373 g/mol. The van der Waals surface area contributed by atoms with E-state index in [9.17, 15) is 4.79 Å². The van der Waals surface area contributed by atoms with E-state index in [1.54, 1.807) is 0 Å². The van der Waals surface area contributed by atoms with Crippen LogP contribution in [-0.4, -0.2) is 11.1 Å². The average Bonchev–Trinajstić information content (AvgIpc) is 3.46. The molecule has 28 heavy (non-hydrogen) atoms. The van der Waals surface area contributed by atoms with Crippen LogP contribution >= 0.6 is 0 Å². The van der Waals surface area contributed by atoms with Crippen LogP contribution in [0.25, 0.3) is 0 Å². The van der Waals surface area contributed by atoms with Crippen molar-refractivity contribution in [3.8, 4) is 11.8 Å². The standard InChI is InChI=1S/C26H28O2/c1-24(2)13-14-25(3,4)22-17-19(10-11-21(22)24)26(15-16-26)20-8-6-5-7-18(20)9-12-23(27)28/h5-8,10-11,17H,13-16H2,1-4H3,(H,27,28). The molecule has 0 heterocycles. The highest BCUT2D eigenvalue weighted by Crippen LogP contribution is 2.56. The second-order valence-electron chi connectivity index (χ2n) is 9.71. The van der Waals surface area contributed by atoms with Crippen molar-refractivity contribution in [3.05, 3.63) is 70.3 Å². The van der Waals surface area contributed by atoms with Gasteiger partial charge in [0.2, 0.25) is 0 Å². The molecule has 0 atom stereocenters. The third kappa shape index (κ3) is 3.04. The topological polar surface area (TPSA) is 37.3 Å². The Morgan fingerprint density at radius 3 is 2.14 bits per heavy atom. The summed E-state index contributed by atoms with van der Waals surface area (Å²) in [5.74, 6) is 4.08. The van der Waals surface area contributed by atoms with Crippen LogP contribution in [0.2, 0.25) is 0 Å². The van der Waals surface area contributed by atoms with Crippen molar-refractivity contribution in [2.75, 3.05) is 0 Å². The second-order valence-corrected chi connectivity index (χ2v) is 9.71. The van der Waals surface area contributed by atoms with E-state index in [2.05, 4.69) is 63.8 Å². The van der Waals surface area contributed by atoms with Crippen LogP contribution in [0.15, 0.2) is 42.5 Å². The fourth-order valence-corrected chi connectivity index (χ4v) is 4.86. The minimum absolute atomic E-state index is 0.0313. The Balaban J connectivity index is 1.84. The zero-order valence-corrected chi connectivity index (χ0v) is 17.2. The smallest absolute Gasteiger partial charge is 0.382 e. The summed E-state index contributed by atoms with van der Waals surface area (Å²) in [6, 6.07) is 15.1. The SMILES string of the molecule is CC1(C)CCC(C)(C)c2cc(C3(c4ccccc4C#CC(=O)O)CC3)ccc21. The Kier molecular flexibility index (Phi) is 4.19. The minimum atomic E-state index is -1.09. The van der Waals surface area contributed by atoms with E-state index in [-0.39, 0.29) is 16.2 Å². The van der Waals surface area contributed by atoms with Gasteiger partial charge in [-0.1, -0.05) is 70.0 Å². The van der Waals surface area contributed by atoms with Crippen molar-refractivity contribution in [2.24, 2.45) is 0 Å². The van der Waals surface area contributed by atoms with Crippen molar-refractivity contribution in [1.82, 2.24) is 0 Å². The largest absolute Gasteiger partial charge is 0.472 e. The molecule has 0 saturated heterocycles. The lowest BCUT2D eigenvalue weighted by atomic mass is 9.62. The number of fused-ring (bicyclic) bond motifs is 1. The maximum absolute atomic E-state index is 10.9. The number of benzene rings is 2. The molecule has 1 fully saturated rings. The fourth-order valence-electron chi connectivity index (χ4n) is 4.86. The first-order valence-corrected chi connectivity index (χ1v) is 10.2. The highest BCUT2D eigenvalue weighted by molar-refractivity contribution is 5.87. The van der Waals surface area contributed by atoms with Crippen LogP contribution < -0.4 is 0 Å². The van der Waals surface area contributed by atoms with Crippen molar-refractivity contribution >= 4 is 5.97 Å². The number of hydrogen-bond acceptors (Lipinski definition) is 1. The Hall–Kier alpha value is -2.53. The van der Waals surface area contributed by atoms with Crippen LogP contribution in [0.1, 0.15) is 81.2 Å². The highest BCUT2D eigenvalue weighted by Gasteiger charge is 2.48. The first kappa shape index (κ1) is 18.8. The van der Waals surface area contributed by atoms with Gasteiger partial charge in [-0.2, -0.15) is 0 Å². The van der Waals surface area contributed by atoms with E-state index in [4.69, 9.17) is 5.11 Å². The van der Waals surface area contributed by atoms with Crippen molar-refractivity contribution in [2.45, 2.75) is 69.6 Å². The van der Waals surface area contributed by atoms with Gasteiger partial charge in [0, 0.05) is 16.9 Å². The Morgan fingerprint density at radius 1 is 0.857 bits per heavy atom. The van der Waals surface area contributed by atoms with Gasteiger partial charge in [0.25, 0.3) is 0 Å². The first-order valence-electron chi connectivity index (χ1n) is 10.2. The maximum Gasteiger partial charge on any atom is 0.382 e. The third-order valence-corrected chi connectivity index (χ3v) is 6.90. The molecular formula is C26H28O2. The lowest BCUT2D eigenvalue weighted by molar-refractivity contribution is -0.130. The minimum Gasteiger partial charge on any atom is -0.472 e. The van der Waals surface area contributed by atoms with Crippen molar-refractivity contribution < 1.29 is 9.90 Å². The molecule has 0 amide bonds. The second kappa shape index (κ2) is 6.24. The van der Waals surface area contributed by atoms with Crippen LogP contribution in [0, 0.1) is 11.8 Å². The van der Waals surface area contributed by atoms with E-state index in [0.717, 1.165) is 24.0 Å². The molecule has 2 aromatic carbocycles. The van der Waals surface area contributed by atoms with Gasteiger partial charge < -0.3 is 5.11 Å². The molecule has 4 rings (SSSR count). The fraction of sp³-hybridized carbons (Fsp3) is 0.423. The molecule has 0 unspecified atom stereocenters. The predicted molar refractivity (Wildman–Crippen MR) is 113 cm³/mol. The number of carbonyl (C=O) groups is 1. The molecule has 0 aromatic heterocycles. The normalized spacial score (nSPS) is 20.4. The Bertz CT molecular complexity index is 1010. The number of rotatable bonds is 2. The quantitative estimate of drug-likeness (QED) is 0.702. The molecule has 144 valence electrons. The lowest BCUT2D eigenvalue weighted by Crippen LogP contribution is -2.34. The van der Waals surface area contributed by atoms with Gasteiger partial charge in [-0.05, 0) is 64.8 Å². The van der Waals surface area contributed by atoms with Crippen molar-refractivity contribution in [1.29, 1.82) is 0 Å². The van der Waals surface area contributed by atoms with Crippen LogP contribution in [0.5, 0.6) is 0 Å². The van der Waals surface area contributed by atoms with Crippen LogP contribution in [0.4, 0.5) is 0 Å². The van der Waals surface area contributed by atoms with Gasteiger partial charge in [-0.25, -0.2) is 4.79 Å². The first-order chi connectivity index (χ1) is 13.2. The van der Waals surface area contributed by atoms with Gasteiger partial charge in [-0.3, -0.25) is 0 Å². The van der Waals surface area contributed by atoms with E-state index >= 15 is 0 Å². The summed E-state index contributed by atoms with van der Waals surface area (Å²) in [5.41, 5.74) is 6.66. The summed E-state index contributed by atoms with van der Waals surface area (Å²) < 4.78 is 0. The van der Waals surface area contributed by atoms with Gasteiger partial charge >= 0.3 is 5.97 Å². The summed E-state index contributed by atoms with van der Waals surface area (Å²) >= 11 is 0. The molecule has 2 aliphatic rings. The molecule has 2 aromatic rings. The molecule has 1 N–H and O–H groups in total. The third-order valence-electron chi connectivity index (χ3n) is 6.90. The highest BCUT2D eigenvalue weighted by atomic mass is 16.4. The monoisotopic (exact) mass is 372 g/mol. The Morgan fingerprint density at radius 2 is 1.50 bits per heavy atom. The molecule has 2 nitrogen and oxygen atoms in total.